The lowest BCUT2D eigenvalue weighted by atomic mass is 10.1. The van der Waals surface area contributed by atoms with Gasteiger partial charge in [-0.15, -0.1) is 11.8 Å². The average Bonchev–Trinajstić information content (AvgIpc) is 2.19. The number of carboxylic acid groups (broad SMARTS) is 1. The SMILES string of the molecule is Cc1ccc(C)c(CSC(C)(C)C(=O)O)c1. The highest BCUT2D eigenvalue weighted by atomic mass is 32.2. The van der Waals surface area contributed by atoms with Crippen molar-refractivity contribution < 1.29 is 9.90 Å². The highest BCUT2D eigenvalue weighted by Gasteiger charge is 2.27. The number of benzene rings is 1. The highest BCUT2D eigenvalue weighted by molar-refractivity contribution is 8.00. The van der Waals surface area contributed by atoms with E-state index in [0.29, 0.717) is 0 Å². The number of aryl methyl sites for hydroxylation is 2. The molecule has 1 N–H and O–H groups in total. The summed E-state index contributed by atoms with van der Waals surface area (Å²) >= 11 is 1.46. The quantitative estimate of drug-likeness (QED) is 0.873. The summed E-state index contributed by atoms with van der Waals surface area (Å²) in [7, 11) is 0. The van der Waals surface area contributed by atoms with Gasteiger partial charge in [0.25, 0.3) is 0 Å². The van der Waals surface area contributed by atoms with Gasteiger partial charge in [0.15, 0.2) is 0 Å². The second kappa shape index (κ2) is 4.91. The molecule has 0 heterocycles. The molecule has 0 unspecified atom stereocenters. The molecule has 0 aliphatic rings. The van der Waals surface area contributed by atoms with Crippen LogP contribution in [0.2, 0.25) is 0 Å². The van der Waals surface area contributed by atoms with Crippen molar-refractivity contribution >= 4 is 17.7 Å². The molecular weight excluding hydrogens is 220 g/mol. The van der Waals surface area contributed by atoms with Crippen LogP contribution < -0.4 is 0 Å². The van der Waals surface area contributed by atoms with Gasteiger partial charge < -0.3 is 5.11 Å². The fraction of sp³-hybridized carbons (Fsp3) is 0.462. The van der Waals surface area contributed by atoms with Gasteiger partial charge in [0.2, 0.25) is 0 Å². The van der Waals surface area contributed by atoms with Gasteiger partial charge in [0.1, 0.15) is 4.75 Å². The maximum atomic E-state index is 11.0. The molecule has 0 fully saturated rings. The molecule has 0 aliphatic heterocycles. The summed E-state index contributed by atoms with van der Waals surface area (Å²) in [6.07, 6.45) is 0. The minimum absolute atomic E-state index is 0.726. The Morgan fingerprint density at radius 2 is 2.00 bits per heavy atom. The first-order valence-corrected chi connectivity index (χ1v) is 6.25. The molecule has 0 amide bonds. The molecular formula is C13H18O2S. The summed E-state index contributed by atoms with van der Waals surface area (Å²) in [6.45, 7) is 7.59. The summed E-state index contributed by atoms with van der Waals surface area (Å²) < 4.78 is -0.726. The summed E-state index contributed by atoms with van der Waals surface area (Å²) in [5.41, 5.74) is 3.66. The number of hydrogen-bond acceptors (Lipinski definition) is 2. The Balaban J connectivity index is 2.75. The van der Waals surface area contributed by atoms with Crippen molar-refractivity contribution in [1.29, 1.82) is 0 Å². The summed E-state index contributed by atoms with van der Waals surface area (Å²) in [5.74, 6) is -0.0184. The largest absolute Gasteiger partial charge is 0.480 e. The van der Waals surface area contributed by atoms with Crippen molar-refractivity contribution in [2.24, 2.45) is 0 Å². The first-order valence-electron chi connectivity index (χ1n) is 5.26. The minimum Gasteiger partial charge on any atom is -0.480 e. The number of carbonyl (C=O) groups is 1. The molecule has 1 rings (SSSR count). The summed E-state index contributed by atoms with van der Waals surface area (Å²) in [5, 5.41) is 9.02. The van der Waals surface area contributed by atoms with Gasteiger partial charge in [0.05, 0.1) is 0 Å². The van der Waals surface area contributed by atoms with Crippen LogP contribution >= 0.6 is 11.8 Å². The molecule has 0 aliphatic carbocycles. The third kappa shape index (κ3) is 3.27. The molecule has 0 saturated carbocycles. The van der Waals surface area contributed by atoms with E-state index in [1.807, 2.05) is 0 Å². The monoisotopic (exact) mass is 238 g/mol. The Bertz CT molecular complexity index is 397. The van der Waals surface area contributed by atoms with Crippen LogP contribution in [0.15, 0.2) is 18.2 Å². The number of aliphatic carboxylic acids is 1. The van der Waals surface area contributed by atoms with Crippen LogP contribution in [0.25, 0.3) is 0 Å². The van der Waals surface area contributed by atoms with E-state index in [0.717, 1.165) is 5.75 Å². The zero-order chi connectivity index (χ0) is 12.3. The maximum absolute atomic E-state index is 11.0. The average molecular weight is 238 g/mol. The van der Waals surface area contributed by atoms with E-state index < -0.39 is 10.7 Å². The van der Waals surface area contributed by atoms with Crippen molar-refractivity contribution in [2.45, 2.75) is 38.2 Å². The molecule has 0 radical (unpaired) electrons. The van der Waals surface area contributed by atoms with Crippen LogP contribution in [-0.4, -0.2) is 15.8 Å². The fourth-order valence-corrected chi connectivity index (χ4v) is 2.23. The molecule has 0 spiro atoms. The smallest absolute Gasteiger partial charge is 0.319 e. The maximum Gasteiger partial charge on any atom is 0.319 e. The number of thioether (sulfide) groups is 1. The van der Waals surface area contributed by atoms with Crippen molar-refractivity contribution in [2.75, 3.05) is 0 Å². The number of rotatable bonds is 4. The topological polar surface area (TPSA) is 37.3 Å². The second-order valence-corrected chi connectivity index (χ2v) is 6.13. The van der Waals surface area contributed by atoms with E-state index in [1.54, 1.807) is 13.8 Å². The van der Waals surface area contributed by atoms with Crippen molar-refractivity contribution in [1.82, 2.24) is 0 Å². The van der Waals surface area contributed by atoms with E-state index in [-0.39, 0.29) is 0 Å². The normalized spacial score (nSPS) is 11.5. The predicted molar refractivity (Wildman–Crippen MR) is 68.9 cm³/mol. The minimum atomic E-state index is -0.761. The van der Waals surface area contributed by atoms with Crippen LogP contribution in [0, 0.1) is 13.8 Å². The van der Waals surface area contributed by atoms with E-state index in [1.165, 1.54) is 28.5 Å². The number of carboxylic acids is 1. The molecule has 2 nitrogen and oxygen atoms in total. The molecule has 1 aromatic carbocycles. The standard InChI is InChI=1S/C13H18O2S/c1-9-5-6-10(2)11(7-9)8-16-13(3,4)12(14)15/h5-7H,8H2,1-4H3,(H,14,15). The van der Waals surface area contributed by atoms with Gasteiger partial charge in [-0.05, 0) is 38.8 Å². The Morgan fingerprint density at radius 3 is 2.56 bits per heavy atom. The van der Waals surface area contributed by atoms with Gasteiger partial charge in [-0.25, -0.2) is 0 Å². The molecule has 0 bridgehead atoms. The molecule has 3 heteroatoms. The Morgan fingerprint density at radius 1 is 1.38 bits per heavy atom. The zero-order valence-corrected chi connectivity index (χ0v) is 11.0. The van der Waals surface area contributed by atoms with Crippen LogP contribution in [0.5, 0.6) is 0 Å². The molecule has 1 aromatic rings. The van der Waals surface area contributed by atoms with E-state index in [9.17, 15) is 4.79 Å². The van der Waals surface area contributed by atoms with Crippen LogP contribution in [0.1, 0.15) is 30.5 Å². The Kier molecular flexibility index (Phi) is 4.03. The van der Waals surface area contributed by atoms with E-state index in [2.05, 4.69) is 32.0 Å². The van der Waals surface area contributed by atoms with Gasteiger partial charge in [0, 0.05) is 5.75 Å². The lowest BCUT2D eigenvalue weighted by Crippen LogP contribution is -2.27. The van der Waals surface area contributed by atoms with Crippen molar-refractivity contribution in [3.63, 3.8) is 0 Å². The van der Waals surface area contributed by atoms with Crippen molar-refractivity contribution in [3.8, 4) is 0 Å². The zero-order valence-electron chi connectivity index (χ0n) is 10.2. The molecule has 0 atom stereocenters. The molecule has 16 heavy (non-hydrogen) atoms. The third-order valence-electron chi connectivity index (χ3n) is 2.61. The Labute approximate surface area is 101 Å². The lowest BCUT2D eigenvalue weighted by Gasteiger charge is -2.19. The summed E-state index contributed by atoms with van der Waals surface area (Å²) in [4.78, 5) is 11.0. The van der Waals surface area contributed by atoms with Gasteiger partial charge in [-0.1, -0.05) is 23.8 Å². The summed E-state index contributed by atoms with van der Waals surface area (Å²) in [6, 6.07) is 6.28. The molecule has 88 valence electrons. The highest BCUT2D eigenvalue weighted by Crippen LogP contribution is 2.29. The molecule has 0 saturated heterocycles. The van der Waals surface area contributed by atoms with E-state index >= 15 is 0 Å². The van der Waals surface area contributed by atoms with Crippen LogP contribution in [0.4, 0.5) is 0 Å². The Hall–Kier alpha value is -0.960. The van der Waals surface area contributed by atoms with Crippen LogP contribution in [-0.2, 0) is 10.5 Å². The predicted octanol–water partition coefficient (Wildman–Crippen LogP) is 3.40. The van der Waals surface area contributed by atoms with Gasteiger partial charge >= 0.3 is 5.97 Å². The fourth-order valence-electron chi connectivity index (χ4n) is 1.28. The first-order chi connectivity index (χ1) is 7.33. The van der Waals surface area contributed by atoms with Gasteiger partial charge in [-0.2, -0.15) is 0 Å². The lowest BCUT2D eigenvalue weighted by molar-refractivity contribution is -0.138. The third-order valence-corrected chi connectivity index (χ3v) is 3.96. The number of hydrogen-bond donors (Lipinski definition) is 1. The van der Waals surface area contributed by atoms with Crippen molar-refractivity contribution in [3.05, 3.63) is 34.9 Å². The van der Waals surface area contributed by atoms with Gasteiger partial charge in [-0.3, -0.25) is 4.79 Å². The van der Waals surface area contributed by atoms with Crippen LogP contribution in [0.3, 0.4) is 0 Å². The first kappa shape index (κ1) is 13.1. The van der Waals surface area contributed by atoms with E-state index in [4.69, 9.17) is 5.11 Å². The molecule has 0 aromatic heterocycles. The second-order valence-electron chi connectivity index (χ2n) is 4.53.